The predicted molar refractivity (Wildman–Crippen MR) is 115 cm³/mol. The van der Waals surface area contributed by atoms with Crippen LogP contribution in [-0.2, 0) is 9.59 Å². The molecule has 3 atom stereocenters. The molecule has 0 radical (unpaired) electrons. The number of fused-ring (bicyclic) bond motifs is 2. The van der Waals surface area contributed by atoms with Gasteiger partial charge in [-0.3, -0.25) is 14.4 Å². The Bertz CT molecular complexity index is 1150. The summed E-state index contributed by atoms with van der Waals surface area (Å²) in [7, 11) is 0. The second-order valence-corrected chi connectivity index (χ2v) is 9.91. The van der Waals surface area contributed by atoms with E-state index in [2.05, 4.69) is 15.5 Å². The molecule has 10 heteroatoms. The van der Waals surface area contributed by atoms with E-state index in [0.717, 1.165) is 12.8 Å². The molecule has 5 rings (SSSR count). The van der Waals surface area contributed by atoms with E-state index in [-0.39, 0.29) is 41.3 Å². The van der Waals surface area contributed by atoms with Crippen molar-refractivity contribution in [2.75, 3.05) is 26.2 Å². The number of aromatic nitrogens is 3. The number of piperidine rings is 2. The maximum absolute atomic E-state index is 13.5. The van der Waals surface area contributed by atoms with Crippen molar-refractivity contribution in [1.29, 1.82) is 0 Å². The molecule has 32 heavy (non-hydrogen) atoms. The fraction of sp³-hybridized carbons (Fsp3) is 0.591. The normalized spacial score (nSPS) is 27.3. The molecular weight excluding hydrogens is 412 g/mol. The van der Waals surface area contributed by atoms with Gasteiger partial charge in [0.2, 0.25) is 11.8 Å². The standard InChI is InChI=1S/C22H28N6O4/c1-22(2)8-18(29)23-9-15(22)20(31)27-7-3-4-13-10-26(12-16(13)27)19(30)14-5-6-17-24-25-21(32)28(17)11-14/h5-6,11,13,15-16H,3-4,7-10,12H2,1-2H3,(H,23,29)(H,25,32)/t13-,15?,16+/m0/s1. The summed E-state index contributed by atoms with van der Waals surface area (Å²) in [5.74, 6) is -0.114. The molecule has 0 aromatic carbocycles. The molecule has 0 aliphatic carbocycles. The van der Waals surface area contributed by atoms with Crippen LogP contribution in [0.15, 0.2) is 23.1 Å². The number of nitrogens with one attached hydrogen (secondary N) is 2. The maximum Gasteiger partial charge on any atom is 0.347 e. The lowest BCUT2D eigenvalue weighted by atomic mass is 9.72. The monoisotopic (exact) mass is 440 g/mol. The van der Waals surface area contributed by atoms with Crippen molar-refractivity contribution in [3.63, 3.8) is 0 Å². The van der Waals surface area contributed by atoms with Gasteiger partial charge in [-0.05, 0) is 36.3 Å². The van der Waals surface area contributed by atoms with Crippen molar-refractivity contribution in [2.24, 2.45) is 17.3 Å². The molecular formula is C22H28N6O4. The number of rotatable bonds is 2. The van der Waals surface area contributed by atoms with Crippen molar-refractivity contribution in [2.45, 2.75) is 39.2 Å². The van der Waals surface area contributed by atoms with Crippen LogP contribution in [0.4, 0.5) is 0 Å². The van der Waals surface area contributed by atoms with Crippen LogP contribution in [0, 0.1) is 17.3 Å². The number of aromatic amines is 1. The Morgan fingerprint density at radius 1 is 1.19 bits per heavy atom. The average Bonchev–Trinajstić information content (AvgIpc) is 3.35. The van der Waals surface area contributed by atoms with E-state index in [1.807, 2.05) is 18.7 Å². The zero-order chi connectivity index (χ0) is 22.6. The lowest BCUT2D eigenvalue weighted by molar-refractivity contribution is -0.147. The molecule has 2 aromatic rings. The van der Waals surface area contributed by atoms with Crippen LogP contribution in [0.5, 0.6) is 0 Å². The number of H-pyrrole nitrogens is 1. The van der Waals surface area contributed by atoms with Crippen molar-refractivity contribution in [3.05, 3.63) is 34.4 Å². The Morgan fingerprint density at radius 3 is 2.78 bits per heavy atom. The van der Waals surface area contributed by atoms with E-state index in [1.165, 1.54) is 10.6 Å². The number of carbonyl (C=O) groups excluding carboxylic acids is 3. The van der Waals surface area contributed by atoms with Crippen LogP contribution < -0.4 is 11.0 Å². The molecule has 3 aliphatic rings. The van der Waals surface area contributed by atoms with Gasteiger partial charge in [-0.2, -0.15) is 5.10 Å². The second kappa shape index (κ2) is 7.46. The Labute approximate surface area is 184 Å². The van der Waals surface area contributed by atoms with Crippen LogP contribution in [0.25, 0.3) is 5.65 Å². The largest absolute Gasteiger partial charge is 0.355 e. The summed E-state index contributed by atoms with van der Waals surface area (Å²) in [4.78, 5) is 54.2. The fourth-order valence-corrected chi connectivity index (χ4v) is 5.55. The van der Waals surface area contributed by atoms with E-state index < -0.39 is 5.41 Å². The zero-order valence-corrected chi connectivity index (χ0v) is 18.3. The van der Waals surface area contributed by atoms with Crippen molar-refractivity contribution < 1.29 is 14.4 Å². The number of carbonyl (C=O) groups is 3. The Balaban J connectivity index is 1.35. The zero-order valence-electron chi connectivity index (χ0n) is 18.3. The molecule has 2 N–H and O–H groups in total. The van der Waals surface area contributed by atoms with Gasteiger partial charge in [0, 0.05) is 38.8 Å². The number of nitrogens with zero attached hydrogens (tertiary/aromatic N) is 4. The van der Waals surface area contributed by atoms with Gasteiger partial charge in [-0.15, -0.1) is 0 Å². The van der Waals surface area contributed by atoms with E-state index in [1.54, 1.807) is 17.0 Å². The van der Waals surface area contributed by atoms with Gasteiger partial charge >= 0.3 is 5.69 Å². The van der Waals surface area contributed by atoms with Crippen molar-refractivity contribution in [1.82, 2.24) is 29.7 Å². The highest BCUT2D eigenvalue weighted by Crippen LogP contribution is 2.38. The number of amides is 3. The maximum atomic E-state index is 13.5. The van der Waals surface area contributed by atoms with E-state index in [0.29, 0.717) is 43.8 Å². The molecule has 10 nitrogen and oxygen atoms in total. The topological polar surface area (TPSA) is 120 Å². The highest BCUT2D eigenvalue weighted by Gasteiger charge is 2.48. The summed E-state index contributed by atoms with van der Waals surface area (Å²) in [6.07, 6.45) is 3.74. The van der Waals surface area contributed by atoms with Crippen LogP contribution in [0.2, 0.25) is 0 Å². The molecule has 3 saturated heterocycles. The van der Waals surface area contributed by atoms with Gasteiger partial charge in [0.25, 0.3) is 5.91 Å². The van der Waals surface area contributed by atoms with Crippen LogP contribution >= 0.6 is 0 Å². The van der Waals surface area contributed by atoms with Gasteiger partial charge in [0.15, 0.2) is 5.65 Å². The number of hydrogen-bond donors (Lipinski definition) is 2. The fourth-order valence-electron chi connectivity index (χ4n) is 5.55. The lowest BCUT2D eigenvalue weighted by Gasteiger charge is -2.44. The summed E-state index contributed by atoms with van der Waals surface area (Å²) in [6, 6.07) is 3.30. The van der Waals surface area contributed by atoms with E-state index in [4.69, 9.17) is 0 Å². The first kappa shape index (κ1) is 20.7. The van der Waals surface area contributed by atoms with Gasteiger partial charge in [0.1, 0.15) is 0 Å². The van der Waals surface area contributed by atoms with E-state index in [9.17, 15) is 19.2 Å². The first-order chi connectivity index (χ1) is 15.2. The smallest absolute Gasteiger partial charge is 0.347 e. The quantitative estimate of drug-likeness (QED) is 0.694. The lowest BCUT2D eigenvalue weighted by Crippen LogP contribution is -2.57. The highest BCUT2D eigenvalue weighted by molar-refractivity contribution is 5.94. The van der Waals surface area contributed by atoms with Crippen molar-refractivity contribution >= 4 is 23.4 Å². The third kappa shape index (κ3) is 3.37. The molecule has 2 aromatic heterocycles. The third-order valence-electron chi connectivity index (χ3n) is 7.37. The van der Waals surface area contributed by atoms with Gasteiger partial charge in [-0.25, -0.2) is 14.3 Å². The van der Waals surface area contributed by atoms with Crippen LogP contribution in [0.1, 0.15) is 43.5 Å². The predicted octanol–water partition coefficient (Wildman–Crippen LogP) is 0.248. The summed E-state index contributed by atoms with van der Waals surface area (Å²) in [6.45, 7) is 6.07. The van der Waals surface area contributed by atoms with Gasteiger partial charge in [-0.1, -0.05) is 13.8 Å². The SMILES string of the molecule is CC1(C)CC(=O)NCC1C(=O)N1CCC[C@H]2CN(C(=O)c3ccc4n[nH]c(=O)n4c3)C[C@H]21. The molecule has 0 saturated carbocycles. The highest BCUT2D eigenvalue weighted by atomic mass is 16.2. The molecule has 3 amide bonds. The summed E-state index contributed by atoms with van der Waals surface area (Å²) in [5.41, 5.74) is 0.103. The molecule has 3 fully saturated rings. The molecule has 0 bridgehead atoms. The van der Waals surface area contributed by atoms with Gasteiger partial charge in [0.05, 0.1) is 17.5 Å². The Kier molecular flexibility index (Phi) is 4.83. The number of pyridine rings is 1. The third-order valence-corrected chi connectivity index (χ3v) is 7.37. The minimum Gasteiger partial charge on any atom is -0.355 e. The van der Waals surface area contributed by atoms with Crippen molar-refractivity contribution in [3.8, 4) is 0 Å². The molecule has 0 spiro atoms. The second-order valence-electron chi connectivity index (χ2n) is 9.91. The number of likely N-dealkylation sites (tertiary alicyclic amines) is 2. The Hall–Kier alpha value is -3.17. The molecule has 1 unspecified atom stereocenters. The van der Waals surface area contributed by atoms with Crippen LogP contribution in [-0.4, -0.2) is 74.3 Å². The minimum absolute atomic E-state index is 0.0121. The summed E-state index contributed by atoms with van der Waals surface area (Å²) in [5, 5.41) is 9.12. The first-order valence-corrected chi connectivity index (χ1v) is 11.2. The molecule has 3 aliphatic heterocycles. The van der Waals surface area contributed by atoms with Crippen LogP contribution in [0.3, 0.4) is 0 Å². The first-order valence-electron chi connectivity index (χ1n) is 11.2. The summed E-state index contributed by atoms with van der Waals surface area (Å²) >= 11 is 0. The van der Waals surface area contributed by atoms with Gasteiger partial charge < -0.3 is 15.1 Å². The average molecular weight is 441 g/mol. The summed E-state index contributed by atoms with van der Waals surface area (Å²) < 4.78 is 1.33. The van der Waals surface area contributed by atoms with E-state index >= 15 is 0 Å². The number of hydrogen-bond acceptors (Lipinski definition) is 5. The molecule has 5 heterocycles. The molecule has 170 valence electrons. The Morgan fingerprint density at radius 2 is 2.00 bits per heavy atom. The minimum atomic E-state index is -0.395.